The molecule has 0 aromatic heterocycles. The predicted molar refractivity (Wildman–Crippen MR) is 101 cm³/mol. The molecule has 2 aromatic rings. The van der Waals surface area contributed by atoms with Crippen LogP contribution in [-0.2, 0) is 0 Å². The van der Waals surface area contributed by atoms with Crippen molar-refractivity contribution in [3.8, 4) is 23.0 Å². The summed E-state index contributed by atoms with van der Waals surface area (Å²) in [4.78, 5) is 2.48. The number of nitrogens with zero attached hydrogens (tertiary/aromatic N) is 1. The summed E-state index contributed by atoms with van der Waals surface area (Å²) in [5, 5.41) is 0. The first-order chi connectivity index (χ1) is 10.9. The van der Waals surface area contributed by atoms with E-state index in [4.69, 9.17) is 0 Å². The summed E-state index contributed by atoms with van der Waals surface area (Å²) in [5.41, 5.74) is 3.61. The van der Waals surface area contributed by atoms with Gasteiger partial charge < -0.3 is 0 Å². The number of rotatable bonds is 2. The van der Waals surface area contributed by atoms with Crippen LogP contribution >= 0.6 is 12.4 Å². The Morgan fingerprint density at radius 3 is 2.00 bits per heavy atom. The predicted octanol–water partition coefficient (Wildman–Crippen LogP) is 5.00. The minimum atomic E-state index is 0. The van der Waals surface area contributed by atoms with E-state index < -0.39 is 0 Å². The standard InChI is InChI=1S/C21H23N.ClH/c1-2-7-17-22(16-6-1)18-8-9-19-12-14-21(15-13-19)20-10-4-3-5-11-20;/h3-5,10-15H,1-2,6-7,16-18H2;1H. The molecule has 0 spiro atoms. The molecule has 0 radical (unpaired) electrons. The summed E-state index contributed by atoms with van der Waals surface area (Å²) in [7, 11) is 0. The lowest BCUT2D eigenvalue weighted by molar-refractivity contribution is 0.320. The van der Waals surface area contributed by atoms with Crippen molar-refractivity contribution in [3.63, 3.8) is 0 Å². The Morgan fingerprint density at radius 2 is 1.35 bits per heavy atom. The molecule has 1 aliphatic heterocycles. The molecule has 2 heteroatoms. The van der Waals surface area contributed by atoms with E-state index >= 15 is 0 Å². The lowest BCUT2D eigenvalue weighted by Crippen LogP contribution is -2.24. The van der Waals surface area contributed by atoms with Gasteiger partial charge in [0.1, 0.15) is 0 Å². The summed E-state index contributed by atoms with van der Waals surface area (Å²) >= 11 is 0. The van der Waals surface area contributed by atoms with Crippen LogP contribution in [0.5, 0.6) is 0 Å². The maximum atomic E-state index is 3.33. The molecule has 1 heterocycles. The highest BCUT2D eigenvalue weighted by Gasteiger charge is 2.06. The van der Waals surface area contributed by atoms with Crippen molar-refractivity contribution in [2.75, 3.05) is 19.6 Å². The molecule has 0 amide bonds. The quantitative estimate of drug-likeness (QED) is 0.702. The van der Waals surface area contributed by atoms with Crippen LogP contribution in [0.2, 0.25) is 0 Å². The minimum Gasteiger partial charge on any atom is -0.292 e. The van der Waals surface area contributed by atoms with Crippen LogP contribution in [-0.4, -0.2) is 24.5 Å². The van der Waals surface area contributed by atoms with Gasteiger partial charge in [-0.2, -0.15) is 0 Å². The Kier molecular flexibility index (Phi) is 7.20. The van der Waals surface area contributed by atoms with Crippen LogP contribution in [0.3, 0.4) is 0 Å². The number of likely N-dealkylation sites (tertiary alicyclic amines) is 1. The molecule has 0 saturated carbocycles. The Labute approximate surface area is 146 Å². The van der Waals surface area contributed by atoms with Gasteiger partial charge in [0.25, 0.3) is 0 Å². The second-order valence-corrected chi connectivity index (χ2v) is 5.94. The van der Waals surface area contributed by atoms with Crippen LogP contribution in [0.4, 0.5) is 0 Å². The van der Waals surface area contributed by atoms with Crippen molar-refractivity contribution >= 4 is 12.4 Å². The van der Waals surface area contributed by atoms with Crippen molar-refractivity contribution in [2.24, 2.45) is 0 Å². The van der Waals surface area contributed by atoms with Crippen molar-refractivity contribution in [2.45, 2.75) is 25.7 Å². The molecule has 0 aliphatic carbocycles. The zero-order valence-electron chi connectivity index (χ0n) is 13.5. The van der Waals surface area contributed by atoms with Gasteiger partial charge in [-0.15, -0.1) is 12.4 Å². The van der Waals surface area contributed by atoms with Crippen LogP contribution in [0.25, 0.3) is 11.1 Å². The molecular weight excluding hydrogens is 302 g/mol. The number of halogens is 1. The third-order valence-corrected chi connectivity index (χ3v) is 4.23. The highest BCUT2D eigenvalue weighted by atomic mass is 35.5. The van der Waals surface area contributed by atoms with Crippen molar-refractivity contribution < 1.29 is 0 Å². The van der Waals surface area contributed by atoms with Gasteiger partial charge in [-0.05, 0) is 49.2 Å². The normalized spacial score (nSPS) is 15.0. The van der Waals surface area contributed by atoms with E-state index in [2.05, 4.69) is 65.3 Å². The van der Waals surface area contributed by atoms with Gasteiger partial charge in [-0.3, -0.25) is 4.90 Å². The van der Waals surface area contributed by atoms with Gasteiger partial charge >= 0.3 is 0 Å². The number of hydrogen-bond donors (Lipinski definition) is 0. The van der Waals surface area contributed by atoms with Gasteiger partial charge in [-0.25, -0.2) is 0 Å². The maximum absolute atomic E-state index is 3.33. The fraction of sp³-hybridized carbons (Fsp3) is 0.333. The van der Waals surface area contributed by atoms with Gasteiger partial charge in [0.15, 0.2) is 0 Å². The van der Waals surface area contributed by atoms with Crippen LogP contribution < -0.4 is 0 Å². The highest BCUT2D eigenvalue weighted by molar-refractivity contribution is 5.85. The maximum Gasteiger partial charge on any atom is 0.0605 e. The Morgan fingerprint density at radius 1 is 0.739 bits per heavy atom. The molecule has 0 unspecified atom stereocenters. The molecule has 1 nitrogen and oxygen atoms in total. The summed E-state index contributed by atoms with van der Waals surface area (Å²) in [6.07, 6.45) is 5.41. The SMILES string of the molecule is C(#Cc1ccc(-c2ccccc2)cc1)CN1CCCCCC1.Cl. The highest BCUT2D eigenvalue weighted by Crippen LogP contribution is 2.18. The lowest BCUT2D eigenvalue weighted by atomic mass is 10.0. The number of hydrogen-bond acceptors (Lipinski definition) is 1. The summed E-state index contributed by atoms with van der Waals surface area (Å²) < 4.78 is 0. The van der Waals surface area contributed by atoms with Crippen LogP contribution in [0.1, 0.15) is 31.2 Å². The first-order valence-corrected chi connectivity index (χ1v) is 8.28. The average molecular weight is 326 g/mol. The molecule has 120 valence electrons. The fourth-order valence-corrected chi connectivity index (χ4v) is 2.92. The van der Waals surface area contributed by atoms with Gasteiger partial charge in [-0.1, -0.05) is 67.1 Å². The van der Waals surface area contributed by atoms with E-state index in [0.29, 0.717) is 0 Å². The molecule has 1 saturated heterocycles. The topological polar surface area (TPSA) is 3.24 Å². The molecule has 3 rings (SSSR count). The lowest BCUT2D eigenvalue weighted by Gasteiger charge is -2.15. The zero-order chi connectivity index (χ0) is 15.0. The molecule has 0 atom stereocenters. The van der Waals surface area contributed by atoms with Crippen molar-refractivity contribution in [3.05, 3.63) is 60.2 Å². The zero-order valence-corrected chi connectivity index (χ0v) is 14.3. The molecule has 1 fully saturated rings. The van der Waals surface area contributed by atoms with E-state index in [1.165, 1.54) is 49.9 Å². The molecule has 0 bridgehead atoms. The van der Waals surface area contributed by atoms with Gasteiger partial charge in [0, 0.05) is 5.56 Å². The van der Waals surface area contributed by atoms with Gasteiger partial charge in [0.05, 0.1) is 6.54 Å². The molecular formula is C21H24ClN. The average Bonchev–Trinajstić information content (AvgIpc) is 2.85. The Balaban J connectivity index is 0.00000192. The first-order valence-electron chi connectivity index (χ1n) is 8.28. The summed E-state index contributed by atoms with van der Waals surface area (Å²) in [6.45, 7) is 3.32. The van der Waals surface area contributed by atoms with E-state index in [-0.39, 0.29) is 12.4 Å². The Bertz CT molecular complexity index is 629. The third-order valence-electron chi connectivity index (χ3n) is 4.23. The van der Waals surface area contributed by atoms with E-state index in [0.717, 1.165) is 12.1 Å². The smallest absolute Gasteiger partial charge is 0.0605 e. The number of benzene rings is 2. The monoisotopic (exact) mass is 325 g/mol. The van der Waals surface area contributed by atoms with Crippen LogP contribution in [0.15, 0.2) is 54.6 Å². The van der Waals surface area contributed by atoms with E-state index in [9.17, 15) is 0 Å². The van der Waals surface area contributed by atoms with Crippen LogP contribution in [0, 0.1) is 11.8 Å². The third kappa shape index (κ3) is 5.43. The molecule has 23 heavy (non-hydrogen) atoms. The minimum absolute atomic E-state index is 0. The fourth-order valence-electron chi connectivity index (χ4n) is 2.92. The van der Waals surface area contributed by atoms with Gasteiger partial charge in [0.2, 0.25) is 0 Å². The molecule has 2 aromatic carbocycles. The molecule has 1 aliphatic rings. The largest absolute Gasteiger partial charge is 0.292 e. The second kappa shape index (κ2) is 9.40. The van der Waals surface area contributed by atoms with Crippen molar-refractivity contribution in [1.82, 2.24) is 4.90 Å². The second-order valence-electron chi connectivity index (χ2n) is 5.94. The molecule has 0 N–H and O–H groups in total. The van der Waals surface area contributed by atoms with E-state index in [1.54, 1.807) is 0 Å². The summed E-state index contributed by atoms with van der Waals surface area (Å²) in [6, 6.07) is 19.0. The summed E-state index contributed by atoms with van der Waals surface area (Å²) in [5.74, 6) is 6.63. The van der Waals surface area contributed by atoms with E-state index in [1.807, 2.05) is 6.07 Å². The first kappa shape index (κ1) is 17.6. The van der Waals surface area contributed by atoms with Crippen molar-refractivity contribution in [1.29, 1.82) is 0 Å². The Hall–Kier alpha value is -1.75.